The van der Waals surface area contributed by atoms with Crippen LogP contribution in [0.15, 0.2) is 4.99 Å². The summed E-state index contributed by atoms with van der Waals surface area (Å²) in [6, 6.07) is -4.35. The molecule has 0 aliphatic heterocycles. The van der Waals surface area contributed by atoms with Gasteiger partial charge in [0.25, 0.3) is 0 Å². The molecule has 0 aromatic rings. The van der Waals surface area contributed by atoms with Crippen LogP contribution < -0.4 is 33.6 Å². The summed E-state index contributed by atoms with van der Waals surface area (Å²) in [6.07, 6.45) is -1.02. The third-order valence-corrected chi connectivity index (χ3v) is 3.34. The highest BCUT2D eigenvalue weighted by molar-refractivity contribution is 5.95. The Balaban J connectivity index is 4.95. The fourth-order valence-corrected chi connectivity index (χ4v) is 1.99. The normalized spacial score (nSPS) is 13.5. The van der Waals surface area contributed by atoms with Gasteiger partial charge in [-0.3, -0.25) is 24.2 Å². The van der Waals surface area contributed by atoms with Gasteiger partial charge < -0.3 is 43.8 Å². The van der Waals surface area contributed by atoms with Gasteiger partial charge in [-0.15, -0.1) is 0 Å². The van der Waals surface area contributed by atoms with Gasteiger partial charge in [0.05, 0.1) is 18.9 Å². The van der Waals surface area contributed by atoms with E-state index in [1.807, 2.05) is 5.32 Å². The monoisotopic (exact) mass is 403 g/mol. The van der Waals surface area contributed by atoms with Crippen LogP contribution >= 0.6 is 0 Å². The van der Waals surface area contributed by atoms with Crippen molar-refractivity contribution in [1.29, 1.82) is 0 Å². The number of hydrogen-bond acceptors (Lipinski definition) is 7. The number of aliphatic imine (C=N–C) groups is 1. The van der Waals surface area contributed by atoms with Crippen molar-refractivity contribution in [3.8, 4) is 0 Å². The number of carbonyl (C=O) groups excluding carboxylic acids is 3. The number of nitrogens with zero attached hydrogens (tertiary/aromatic N) is 1. The Bertz CT molecular complexity index is 634. The molecule has 3 atom stereocenters. The van der Waals surface area contributed by atoms with Gasteiger partial charge in [-0.05, 0) is 12.8 Å². The number of primary amides is 1. The van der Waals surface area contributed by atoms with Gasteiger partial charge in [0.2, 0.25) is 17.7 Å². The average Bonchev–Trinajstić information content (AvgIpc) is 2.55. The van der Waals surface area contributed by atoms with Crippen LogP contribution in [-0.2, 0) is 24.0 Å². The van der Waals surface area contributed by atoms with Crippen molar-refractivity contribution in [2.75, 3.05) is 6.54 Å². The third-order valence-electron chi connectivity index (χ3n) is 3.34. The molecule has 0 fully saturated rings. The minimum absolute atomic E-state index is 0.120. The van der Waals surface area contributed by atoms with Gasteiger partial charge in [0, 0.05) is 6.54 Å². The Kier molecular flexibility index (Phi) is 10.6. The first kappa shape index (κ1) is 24.6. The van der Waals surface area contributed by atoms with E-state index in [-0.39, 0.29) is 18.9 Å². The van der Waals surface area contributed by atoms with E-state index in [4.69, 9.17) is 33.1 Å². The van der Waals surface area contributed by atoms with E-state index in [1.54, 1.807) is 0 Å². The molecule has 0 aliphatic rings. The fraction of sp³-hybridized carbons (Fsp3) is 0.571. The van der Waals surface area contributed by atoms with Crippen LogP contribution in [0.25, 0.3) is 0 Å². The number of nitrogens with two attached hydrogens (primary N) is 4. The van der Waals surface area contributed by atoms with Crippen molar-refractivity contribution in [3.63, 3.8) is 0 Å². The van der Waals surface area contributed by atoms with Crippen LogP contribution in [0.3, 0.4) is 0 Å². The van der Waals surface area contributed by atoms with Crippen LogP contribution in [0.5, 0.6) is 0 Å². The molecule has 0 saturated carbocycles. The van der Waals surface area contributed by atoms with Gasteiger partial charge >= 0.3 is 11.9 Å². The smallest absolute Gasteiger partial charge is 0.326 e. The van der Waals surface area contributed by atoms with Gasteiger partial charge in [0.1, 0.15) is 12.1 Å². The van der Waals surface area contributed by atoms with E-state index >= 15 is 0 Å². The molecule has 0 rings (SSSR count). The summed E-state index contributed by atoms with van der Waals surface area (Å²) in [5, 5.41) is 21.8. The van der Waals surface area contributed by atoms with E-state index in [0.717, 1.165) is 0 Å². The molecule has 0 saturated heterocycles. The summed E-state index contributed by atoms with van der Waals surface area (Å²) in [5.41, 5.74) is 21.0. The molecule has 0 aliphatic carbocycles. The topological polar surface area (TPSA) is 266 Å². The number of nitrogens with one attached hydrogen (secondary N) is 2. The standard InChI is InChI=1S/C14H25N7O7/c15-6(2-1-3-19-14(17)18)11(25)20-7(4-9(16)22)12(26)21-8(13(27)28)5-10(23)24/h6-8H,1-5,15H2,(H2,16,22)(H,20,25)(H,21,26)(H,23,24)(H,27,28)(H4,17,18,19)/t6-,7-,8-/m0/s1. The lowest BCUT2D eigenvalue weighted by Gasteiger charge is -2.21. The summed E-state index contributed by atoms with van der Waals surface area (Å²) in [6.45, 7) is 0.226. The van der Waals surface area contributed by atoms with Crippen molar-refractivity contribution in [2.24, 2.45) is 27.9 Å². The summed E-state index contributed by atoms with van der Waals surface area (Å²) in [7, 11) is 0. The van der Waals surface area contributed by atoms with E-state index < -0.39 is 60.6 Å². The van der Waals surface area contributed by atoms with Crippen molar-refractivity contribution < 1.29 is 34.2 Å². The molecule has 0 bridgehead atoms. The zero-order valence-corrected chi connectivity index (χ0v) is 15.0. The molecule has 3 amide bonds. The highest BCUT2D eigenvalue weighted by Crippen LogP contribution is 2.01. The first-order valence-corrected chi connectivity index (χ1v) is 8.08. The minimum atomic E-state index is -1.76. The number of carboxylic acids is 2. The fourth-order valence-electron chi connectivity index (χ4n) is 1.99. The van der Waals surface area contributed by atoms with Crippen LogP contribution in [0.4, 0.5) is 0 Å². The maximum Gasteiger partial charge on any atom is 0.326 e. The molecule has 28 heavy (non-hydrogen) atoms. The predicted molar refractivity (Wildman–Crippen MR) is 95.4 cm³/mol. The molecule has 158 valence electrons. The van der Waals surface area contributed by atoms with Crippen molar-refractivity contribution in [1.82, 2.24) is 10.6 Å². The predicted octanol–water partition coefficient (Wildman–Crippen LogP) is -4.23. The van der Waals surface area contributed by atoms with E-state index in [0.29, 0.717) is 6.42 Å². The second kappa shape index (κ2) is 12.1. The largest absolute Gasteiger partial charge is 0.481 e. The Morgan fingerprint density at radius 2 is 1.46 bits per heavy atom. The quantitative estimate of drug-likeness (QED) is 0.0833. The number of aliphatic carboxylic acids is 2. The maximum absolute atomic E-state index is 12.2. The lowest BCUT2D eigenvalue weighted by molar-refractivity contribution is -0.147. The number of carbonyl (C=O) groups is 5. The highest BCUT2D eigenvalue weighted by atomic mass is 16.4. The Morgan fingerprint density at radius 1 is 0.893 bits per heavy atom. The number of guanidine groups is 1. The van der Waals surface area contributed by atoms with Gasteiger partial charge in [-0.1, -0.05) is 0 Å². The van der Waals surface area contributed by atoms with Gasteiger partial charge in [-0.25, -0.2) is 4.79 Å². The van der Waals surface area contributed by atoms with Crippen molar-refractivity contribution in [2.45, 2.75) is 43.8 Å². The van der Waals surface area contributed by atoms with Crippen LogP contribution in [0.1, 0.15) is 25.7 Å². The maximum atomic E-state index is 12.2. The molecule has 0 aromatic carbocycles. The molecular weight excluding hydrogens is 378 g/mol. The molecular formula is C14H25N7O7. The van der Waals surface area contributed by atoms with E-state index in [2.05, 4.69) is 10.3 Å². The van der Waals surface area contributed by atoms with Gasteiger partial charge in [-0.2, -0.15) is 0 Å². The Morgan fingerprint density at radius 3 is 1.93 bits per heavy atom. The molecule has 0 unspecified atom stereocenters. The lowest BCUT2D eigenvalue weighted by atomic mass is 10.1. The lowest BCUT2D eigenvalue weighted by Crippen LogP contribution is -2.55. The zero-order valence-electron chi connectivity index (χ0n) is 15.0. The first-order chi connectivity index (χ1) is 12.9. The van der Waals surface area contributed by atoms with Crippen LogP contribution in [0, 0.1) is 0 Å². The van der Waals surface area contributed by atoms with Crippen LogP contribution in [-0.4, -0.2) is 70.5 Å². The Hall–Kier alpha value is -3.42. The van der Waals surface area contributed by atoms with E-state index in [1.165, 1.54) is 0 Å². The average molecular weight is 403 g/mol. The van der Waals surface area contributed by atoms with Crippen molar-refractivity contribution >= 4 is 35.6 Å². The van der Waals surface area contributed by atoms with Gasteiger partial charge in [0.15, 0.2) is 5.96 Å². The molecule has 12 N–H and O–H groups in total. The SMILES string of the molecule is NC(=O)C[C@H](NC(=O)[C@@H](N)CCCN=C(N)N)C(=O)N[C@@H](CC(=O)O)C(=O)O. The summed E-state index contributed by atoms with van der Waals surface area (Å²) < 4.78 is 0. The highest BCUT2D eigenvalue weighted by Gasteiger charge is 2.30. The molecule has 14 nitrogen and oxygen atoms in total. The molecule has 0 aromatic heterocycles. The zero-order chi connectivity index (χ0) is 21.9. The summed E-state index contributed by atoms with van der Waals surface area (Å²) in [5.74, 6) is -6.02. The third kappa shape index (κ3) is 10.5. The second-order valence-electron chi connectivity index (χ2n) is 5.78. The van der Waals surface area contributed by atoms with E-state index in [9.17, 15) is 24.0 Å². The second-order valence-corrected chi connectivity index (χ2v) is 5.78. The molecule has 14 heteroatoms. The Labute approximate surface area is 159 Å². The number of rotatable bonds is 13. The summed E-state index contributed by atoms with van der Waals surface area (Å²) >= 11 is 0. The molecule has 0 heterocycles. The van der Waals surface area contributed by atoms with Crippen molar-refractivity contribution in [3.05, 3.63) is 0 Å². The number of carboxylic acid groups (broad SMARTS) is 2. The van der Waals surface area contributed by atoms with Crippen LogP contribution in [0.2, 0.25) is 0 Å². The minimum Gasteiger partial charge on any atom is -0.481 e. The summed E-state index contributed by atoms with van der Waals surface area (Å²) in [4.78, 5) is 60.9. The number of amides is 3. The molecule has 0 spiro atoms. The first-order valence-electron chi connectivity index (χ1n) is 8.08. The molecule has 0 radical (unpaired) electrons. The number of hydrogen-bond donors (Lipinski definition) is 8.